The number of nitrogens with one attached hydrogen (secondary N) is 1. The van der Waals surface area contributed by atoms with Crippen molar-refractivity contribution in [2.45, 2.75) is 46.1 Å². The number of hydrogen-bond acceptors (Lipinski definition) is 5. The van der Waals surface area contributed by atoms with Crippen molar-refractivity contribution in [3.63, 3.8) is 0 Å². The topological polar surface area (TPSA) is 73.2 Å². The first-order chi connectivity index (χ1) is 12.1. The fourth-order valence-electron chi connectivity index (χ4n) is 2.68. The lowest BCUT2D eigenvalue weighted by molar-refractivity contribution is -0.121. The van der Waals surface area contributed by atoms with E-state index in [-0.39, 0.29) is 17.9 Å². The van der Waals surface area contributed by atoms with Gasteiger partial charge < -0.3 is 10.1 Å². The Hall–Kier alpha value is -1.73. The smallest absolute Gasteiger partial charge is 0.262 e. The molecule has 0 aromatic carbocycles. The van der Waals surface area contributed by atoms with Crippen LogP contribution < -0.4 is 10.9 Å². The molecule has 0 unspecified atom stereocenters. The van der Waals surface area contributed by atoms with Crippen molar-refractivity contribution >= 4 is 27.5 Å². The van der Waals surface area contributed by atoms with Crippen LogP contribution in [0.1, 0.15) is 36.1 Å². The standard InChI is InChI=1S/C18H25N3O3S/c1-12-13(2)25-17-16(12)18(23)21(11-20-17)8-6-15(22)19-7-3-9-24-10-14-4-5-14/h11,14H,3-10H2,1-2H3,(H,19,22). The molecule has 7 heteroatoms. The molecule has 136 valence electrons. The normalized spacial score (nSPS) is 14.2. The summed E-state index contributed by atoms with van der Waals surface area (Å²) in [5, 5.41) is 3.56. The molecule has 1 aliphatic rings. The van der Waals surface area contributed by atoms with Crippen LogP contribution in [0.25, 0.3) is 10.2 Å². The zero-order valence-electron chi connectivity index (χ0n) is 14.8. The van der Waals surface area contributed by atoms with Crippen molar-refractivity contribution in [3.05, 3.63) is 27.1 Å². The molecule has 6 nitrogen and oxygen atoms in total. The Balaban J connectivity index is 1.43. The highest BCUT2D eigenvalue weighted by Gasteiger charge is 2.20. The molecule has 2 aromatic rings. The van der Waals surface area contributed by atoms with Gasteiger partial charge in [0, 0.05) is 37.6 Å². The van der Waals surface area contributed by atoms with Gasteiger partial charge in [0.1, 0.15) is 4.83 Å². The number of ether oxygens (including phenoxy) is 1. The highest BCUT2D eigenvalue weighted by atomic mass is 32.1. The van der Waals surface area contributed by atoms with E-state index in [1.165, 1.54) is 28.7 Å². The van der Waals surface area contributed by atoms with Crippen molar-refractivity contribution < 1.29 is 9.53 Å². The van der Waals surface area contributed by atoms with Crippen LogP contribution in [0, 0.1) is 19.8 Å². The van der Waals surface area contributed by atoms with Gasteiger partial charge in [-0.3, -0.25) is 14.2 Å². The second-order valence-corrected chi connectivity index (χ2v) is 7.88. The summed E-state index contributed by atoms with van der Waals surface area (Å²) in [4.78, 5) is 30.7. The summed E-state index contributed by atoms with van der Waals surface area (Å²) in [5.41, 5.74) is 0.927. The average Bonchev–Trinajstić information content (AvgIpc) is 3.36. The minimum Gasteiger partial charge on any atom is -0.381 e. The molecule has 0 radical (unpaired) electrons. The third-order valence-electron chi connectivity index (χ3n) is 4.57. The van der Waals surface area contributed by atoms with Gasteiger partial charge in [-0.15, -0.1) is 11.3 Å². The molecule has 25 heavy (non-hydrogen) atoms. The van der Waals surface area contributed by atoms with E-state index < -0.39 is 0 Å². The average molecular weight is 363 g/mol. The van der Waals surface area contributed by atoms with Crippen LogP contribution in [0.5, 0.6) is 0 Å². The molecule has 0 aliphatic heterocycles. The van der Waals surface area contributed by atoms with Gasteiger partial charge in [-0.1, -0.05) is 0 Å². The predicted molar refractivity (Wildman–Crippen MR) is 99.1 cm³/mol. The zero-order chi connectivity index (χ0) is 17.8. The van der Waals surface area contributed by atoms with E-state index in [0.717, 1.165) is 34.2 Å². The Bertz CT molecular complexity index is 808. The molecule has 1 aliphatic carbocycles. The molecule has 1 N–H and O–H groups in total. The second-order valence-electron chi connectivity index (χ2n) is 6.68. The highest BCUT2D eigenvalue weighted by Crippen LogP contribution is 2.28. The number of thiophene rings is 1. The maximum absolute atomic E-state index is 12.5. The van der Waals surface area contributed by atoms with E-state index in [9.17, 15) is 9.59 Å². The first-order valence-electron chi connectivity index (χ1n) is 8.86. The maximum Gasteiger partial charge on any atom is 0.262 e. The van der Waals surface area contributed by atoms with Crippen molar-refractivity contribution in [1.29, 1.82) is 0 Å². The first-order valence-corrected chi connectivity index (χ1v) is 9.67. The number of carbonyl (C=O) groups is 1. The molecule has 0 saturated heterocycles. The fourth-order valence-corrected chi connectivity index (χ4v) is 3.66. The fraction of sp³-hybridized carbons (Fsp3) is 0.611. The first kappa shape index (κ1) is 18.1. The molecule has 2 aromatic heterocycles. The van der Waals surface area contributed by atoms with Gasteiger partial charge >= 0.3 is 0 Å². The van der Waals surface area contributed by atoms with Gasteiger partial charge in [0.2, 0.25) is 5.91 Å². The number of amides is 1. The number of aromatic nitrogens is 2. The molecule has 1 saturated carbocycles. The van der Waals surface area contributed by atoms with Crippen LogP contribution in [0.4, 0.5) is 0 Å². The van der Waals surface area contributed by atoms with Crippen molar-refractivity contribution in [2.75, 3.05) is 19.8 Å². The molecular formula is C18H25N3O3S. The zero-order valence-corrected chi connectivity index (χ0v) is 15.7. The second kappa shape index (κ2) is 8.10. The minimum atomic E-state index is -0.0619. The number of aryl methyl sites for hydroxylation is 3. The molecule has 1 amide bonds. The van der Waals surface area contributed by atoms with Gasteiger partial charge in [-0.25, -0.2) is 4.98 Å². The van der Waals surface area contributed by atoms with E-state index in [4.69, 9.17) is 4.74 Å². The number of carbonyl (C=O) groups excluding carboxylic acids is 1. The number of hydrogen-bond donors (Lipinski definition) is 1. The predicted octanol–water partition coefficient (Wildman–Crippen LogP) is 2.40. The monoisotopic (exact) mass is 363 g/mol. The summed E-state index contributed by atoms with van der Waals surface area (Å²) in [6.07, 6.45) is 5.22. The van der Waals surface area contributed by atoms with E-state index in [0.29, 0.717) is 25.1 Å². The molecule has 0 atom stereocenters. The Morgan fingerprint density at radius 3 is 3.00 bits per heavy atom. The van der Waals surface area contributed by atoms with Gasteiger partial charge in [-0.2, -0.15) is 0 Å². The van der Waals surface area contributed by atoms with E-state index in [2.05, 4.69) is 10.3 Å². The summed E-state index contributed by atoms with van der Waals surface area (Å²) >= 11 is 1.53. The van der Waals surface area contributed by atoms with Crippen LogP contribution in [0.2, 0.25) is 0 Å². The van der Waals surface area contributed by atoms with E-state index >= 15 is 0 Å². The maximum atomic E-state index is 12.5. The van der Waals surface area contributed by atoms with E-state index in [1.807, 2.05) is 13.8 Å². The molecule has 3 rings (SSSR count). The molecule has 2 heterocycles. The SMILES string of the molecule is Cc1sc2ncn(CCC(=O)NCCCOCC3CC3)c(=O)c2c1C. The molecular weight excluding hydrogens is 338 g/mol. The third kappa shape index (κ3) is 4.67. The van der Waals surface area contributed by atoms with Gasteiger partial charge in [-0.05, 0) is 44.6 Å². The van der Waals surface area contributed by atoms with E-state index in [1.54, 1.807) is 6.33 Å². The van der Waals surface area contributed by atoms with Gasteiger partial charge in [0.05, 0.1) is 11.7 Å². The van der Waals surface area contributed by atoms with Gasteiger partial charge in [0.15, 0.2) is 0 Å². The number of nitrogens with zero attached hydrogens (tertiary/aromatic N) is 2. The van der Waals surface area contributed by atoms with Crippen molar-refractivity contribution in [1.82, 2.24) is 14.9 Å². The summed E-state index contributed by atoms with van der Waals surface area (Å²) in [7, 11) is 0. The lowest BCUT2D eigenvalue weighted by Crippen LogP contribution is -2.28. The lowest BCUT2D eigenvalue weighted by Gasteiger charge is -2.07. The molecule has 1 fully saturated rings. The largest absolute Gasteiger partial charge is 0.381 e. The summed E-state index contributed by atoms with van der Waals surface area (Å²) < 4.78 is 7.06. The Kier molecular flexibility index (Phi) is 5.86. The quantitative estimate of drug-likeness (QED) is 0.694. The number of rotatable bonds is 9. The lowest BCUT2D eigenvalue weighted by atomic mass is 10.2. The molecule has 0 bridgehead atoms. The van der Waals surface area contributed by atoms with Crippen LogP contribution in [0.15, 0.2) is 11.1 Å². The van der Waals surface area contributed by atoms with Crippen LogP contribution in [-0.2, 0) is 16.1 Å². The van der Waals surface area contributed by atoms with Crippen molar-refractivity contribution in [3.8, 4) is 0 Å². The summed E-state index contributed by atoms with van der Waals surface area (Å²) in [6.45, 7) is 6.44. The van der Waals surface area contributed by atoms with Crippen molar-refractivity contribution in [2.24, 2.45) is 5.92 Å². The Morgan fingerprint density at radius 2 is 2.24 bits per heavy atom. The summed E-state index contributed by atoms with van der Waals surface area (Å²) in [6, 6.07) is 0. The van der Waals surface area contributed by atoms with Crippen LogP contribution >= 0.6 is 11.3 Å². The summed E-state index contributed by atoms with van der Waals surface area (Å²) in [5.74, 6) is 0.724. The molecule has 0 spiro atoms. The minimum absolute atomic E-state index is 0.0487. The number of fused-ring (bicyclic) bond motifs is 1. The Labute approximate surface area is 151 Å². The van der Waals surface area contributed by atoms with Crippen LogP contribution in [0.3, 0.4) is 0 Å². The Morgan fingerprint density at radius 1 is 1.44 bits per heavy atom. The van der Waals surface area contributed by atoms with Crippen LogP contribution in [-0.4, -0.2) is 35.2 Å². The highest BCUT2D eigenvalue weighted by molar-refractivity contribution is 7.18. The van der Waals surface area contributed by atoms with Gasteiger partial charge in [0.25, 0.3) is 5.56 Å². The third-order valence-corrected chi connectivity index (χ3v) is 5.69.